The summed E-state index contributed by atoms with van der Waals surface area (Å²) in [6, 6.07) is 10.7. The maximum absolute atomic E-state index is 12.5. The Bertz CT molecular complexity index is 982. The molecule has 0 aliphatic rings. The minimum Gasteiger partial charge on any atom is -0.427 e. The summed E-state index contributed by atoms with van der Waals surface area (Å²) >= 11 is 6.99. The number of hydrogen-bond acceptors (Lipinski definition) is 6. The maximum Gasteiger partial charge on any atom is 0.387 e. The maximum atomic E-state index is 12.5. The SMILES string of the molecule is Cn1c(Sc2ccc([N+](=O)[O-])c(OC(F)F)c2)nnc1-c1ccc(Cl)cc1. The molecule has 0 spiro atoms. The standard InChI is InChI=1S/C16H11ClF2N4O3S/c1-22-14(9-2-4-10(17)5-3-9)20-21-16(22)27-11-6-7-12(23(24)25)13(8-11)26-15(18)19/h2-8,15H,1H3. The molecule has 0 fully saturated rings. The van der Waals surface area contributed by atoms with Gasteiger partial charge < -0.3 is 9.30 Å². The van der Waals surface area contributed by atoms with Crippen LogP contribution in [0.1, 0.15) is 0 Å². The lowest BCUT2D eigenvalue weighted by Gasteiger charge is -2.08. The highest BCUT2D eigenvalue weighted by molar-refractivity contribution is 7.99. The van der Waals surface area contributed by atoms with Crippen molar-refractivity contribution < 1.29 is 18.4 Å². The molecular formula is C16H11ClF2N4O3S. The van der Waals surface area contributed by atoms with Gasteiger partial charge in [0.05, 0.1) is 4.92 Å². The Kier molecular flexibility index (Phi) is 5.57. The van der Waals surface area contributed by atoms with E-state index in [0.717, 1.165) is 23.4 Å². The summed E-state index contributed by atoms with van der Waals surface area (Å²) in [6.45, 7) is -3.17. The molecule has 0 saturated heterocycles. The van der Waals surface area contributed by atoms with Gasteiger partial charge in [-0.15, -0.1) is 10.2 Å². The Balaban J connectivity index is 1.89. The van der Waals surface area contributed by atoms with E-state index in [4.69, 9.17) is 11.6 Å². The highest BCUT2D eigenvalue weighted by Gasteiger charge is 2.20. The van der Waals surface area contributed by atoms with Crippen molar-refractivity contribution in [1.29, 1.82) is 0 Å². The second-order valence-corrected chi connectivity index (χ2v) is 6.72. The van der Waals surface area contributed by atoms with Gasteiger partial charge in [-0.1, -0.05) is 11.6 Å². The van der Waals surface area contributed by atoms with Crippen LogP contribution in [-0.4, -0.2) is 26.3 Å². The molecule has 140 valence electrons. The Hall–Kier alpha value is -2.72. The molecule has 11 heteroatoms. The van der Waals surface area contributed by atoms with Crippen LogP contribution in [0.2, 0.25) is 5.02 Å². The van der Waals surface area contributed by atoms with Gasteiger partial charge in [-0.05, 0) is 42.1 Å². The molecule has 0 saturated carbocycles. The molecule has 0 amide bonds. The van der Waals surface area contributed by atoms with Crippen LogP contribution in [0.3, 0.4) is 0 Å². The molecule has 0 atom stereocenters. The molecule has 0 radical (unpaired) electrons. The number of hydrogen-bond donors (Lipinski definition) is 0. The predicted molar refractivity (Wildman–Crippen MR) is 95.3 cm³/mol. The smallest absolute Gasteiger partial charge is 0.387 e. The van der Waals surface area contributed by atoms with Crippen LogP contribution in [0.5, 0.6) is 5.75 Å². The van der Waals surface area contributed by atoms with Crippen LogP contribution in [0.4, 0.5) is 14.5 Å². The molecule has 1 heterocycles. The van der Waals surface area contributed by atoms with E-state index in [1.807, 2.05) is 0 Å². The van der Waals surface area contributed by atoms with Crippen LogP contribution in [0, 0.1) is 10.1 Å². The normalized spacial score (nSPS) is 11.0. The third kappa shape index (κ3) is 4.34. The van der Waals surface area contributed by atoms with E-state index in [9.17, 15) is 18.9 Å². The van der Waals surface area contributed by atoms with Crippen LogP contribution >= 0.6 is 23.4 Å². The highest BCUT2D eigenvalue weighted by atomic mass is 35.5. The van der Waals surface area contributed by atoms with Crippen molar-refractivity contribution in [2.45, 2.75) is 16.7 Å². The fourth-order valence-corrected chi connectivity index (χ4v) is 3.20. The van der Waals surface area contributed by atoms with E-state index in [2.05, 4.69) is 14.9 Å². The molecule has 0 unspecified atom stereocenters. The topological polar surface area (TPSA) is 83.1 Å². The van der Waals surface area contributed by atoms with Gasteiger partial charge >= 0.3 is 12.3 Å². The summed E-state index contributed by atoms with van der Waals surface area (Å²) in [4.78, 5) is 10.6. The van der Waals surface area contributed by atoms with Crippen LogP contribution < -0.4 is 4.74 Å². The van der Waals surface area contributed by atoms with Crippen LogP contribution in [0.15, 0.2) is 52.5 Å². The molecule has 7 nitrogen and oxygen atoms in total. The average molecular weight is 413 g/mol. The fraction of sp³-hybridized carbons (Fsp3) is 0.125. The molecule has 2 aromatic carbocycles. The number of aromatic nitrogens is 3. The van der Waals surface area contributed by atoms with Crippen LogP contribution in [0.25, 0.3) is 11.4 Å². The fourth-order valence-electron chi connectivity index (χ4n) is 2.26. The third-order valence-corrected chi connectivity index (χ3v) is 4.77. The largest absolute Gasteiger partial charge is 0.427 e. The van der Waals surface area contributed by atoms with Crippen molar-refractivity contribution in [2.24, 2.45) is 7.05 Å². The second kappa shape index (κ2) is 7.89. The van der Waals surface area contributed by atoms with E-state index in [1.165, 1.54) is 12.1 Å². The first-order valence-electron chi connectivity index (χ1n) is 7.41. The van der Waals surface area contributed by atoms with Crippen LogP contribution in [-0.2, 0) is 7.05 Å². The lowest BCUT2D eigenvalue weighted by Crippen LogP contribution is -2.04. The summed E-state index contributed by atoms with van der Waals surface area (Å²) in [5.74, 6) is 0.0697. The Labute approximate surface area is 161 Å². The number of halogens is 3. The molecule has 1 aromatic heterocycles. The summed E-state index contributed by atoms with van der Waals surface area (Å²) in [5.41, 5.74) is 0.256. The lowest BCUT2D eigenvalue weighted by molar-refractivity contribution is -0.386. The zero-order valence-electron chi connectivity index (χ0n) is 13.7. The summed E-state index contributed by atoms with van der Waals surface area (Å²) in [6.07, 6.45) is 0. The van der Waals surface area contributed by atoms with Gasteiger partial charge in [-0.3, -0.25) is 10.1 Å². The monoisotopic (exact) mass is 412 g/mol. The van der Waals surface area contributed by atoms with Crippen molar-refractivity contribution in [2.75, 3.05) is 0 Å². The number of rotatable bonds is 6. The quantitative estimate of drug-likeness (QED) is 0.427. The van der Waals surface area contributed by atoms with Crippen molar-refractivity contribution in [3.8, 4) is 17.1 Å². The zero-order valence-corrected chi connectivity index (χ0v) is 15.2. The first-order valence-corrected chi connectivity index (χ1v) is 8.61. The summed E-state index contributed by atoms with van der Waals surface area (Å²) in [5, 5.41) is 20.2. The van der Waals surface area contributed by atoms with E-state index in [1.54, 1.807) is 35.9 Å². The van der Waals surface area contributed by atoms with Gasteiger partial charge in [0, 0.05) is 34.7 Å². The van der Waals surface area contributed by atoms with Crippen molar-refractivity contribution in [1.82, 2.24) is 14.8 Å². The number of nitrogens with zero attached hydrogens (tertiary/aromatic N) is 4. The molecule has 0 aliphatic carbocycles. The van der Waals surface area contributed by atoms with Gasteiger partial charge in [0.1, 0.15) is 0 Å². The average Bonchev–Trinajstić information content (AvgIpc) is 2.96. The lowest BCUT2D eigenvalue weighted by atomic mass is 10.2. The second-order valence-electron chi connectivity index (χ2n) is 5.24. The number of alkyl halides is 2. The molecule has 0 bridgehead atoms. The molecule has 0 aliphatic heterocycles. The highest BCUT2D eigenvalue weighted by Crippen LogP contribution is 2.36. The van der Waals surface area contributed by atoms with E-state index in [-0.39, 0.29) is 0 Å². The predicted octanol–water partition coefficient (Wildman–Crippen LogP) is 4.80. The van der Waals surface area contributed by atoms with E-state index < -0.39 is 23.0 Å². The first-order chi connectivity index (χ1) is 12.8. The van der Waals surface area contributed by atoms with E-state index >= 15 is 0 Å². The number of ether oxygens (including phenoxy) is 1. The Morgan fingerprint density at radius 1 is 1.22 bits per heavy atom. The van der Waals surface area contributed by atoms with E-state index in [0.29, 0.717) is 20.9 Å². The molecule has 0 N–H and O–H groups in total. The van der Waals surface area contributed by atoms with Crippen molar-refractivity contribution in [3.63, 3.8) is 0 Å². The van der Waals surface area contributed by atoms with Gasteiger partial charge in [0.25, 0.3) is 0 Å². The number of nitro benzene ring substituents is 1. The summed E-state index contributed by atoms with van der Waals surface area (Å²) in [7, 11) is 1.74. The van der Waals surface area contributed by atoms with Crippen molar-refractivity contribution >= 4 is 29.1 Å². The van der Waals surface area contributed by atoms with Gasteiger partial charge in [0.2, 0.25) is 5.75 Å². The number of nitro groups is 1. The van der Waals surface area contributed by atoms with Crippen molar-refractivity contribution in [3.05, 3.63) is 57.6 Å². The molecule has 3 aromatic rings. The molecular weight excluding hydrogens is 402 g/mol. The Morgan fingerprint density at radius 2 is 1.93 bits per heavy atom. The molecule has 3 rings (SSSR count). The summed E-state index contributed by atoms with van der Waals surface area (Å²) < 4.78 is 31.0. The minimum absolute atomic E-state index is 0.439. The zero-order chi connectivity index (χ0) is 19.6. The molecule has 27 heavy (non-hydrogen) atoms. The minimum atomic E-state index is -3.17. The van der Waals surface area contributed by atoms with Gasteiger partial charge in [-0.25, -0.2) is 0 Å². The van der Waals surface area contributed by atoms with Gasteiger partial charge in [-0.2, -0.15) is 8.78 Å². The van der Waals surface area contributed by atoms with Gasteiger partial charge in [0.15, 0.2) is 11.0 Å². The third-order valence-electron chi connectivity index (χ3n) is 3.49. The first kappa shape index (κ1) is 19.1. The number of benzene rings is 2. The Morgan fingerprint density at radius 3 is 2.56 bits per heavy atom.